The first-order valence-corrected chi connectivity index (χ1v) is 17.1. The van der Waals surface area contributed by atoms with Crippen molar-refractivity contribution in [3.05, 3.63) is 53.6 Å². The van der Waals surface area contributed by atoms with Gasteiger partial charge in [-0.2, -0.15) is 0 Å². The number of nitrogens with one attached hydrogen (secondary N) is 1. The number of likely N-dealkylation sites (tertiary alicyclic amines) is 2. The van der Waals surface area contributed by atoms with Crippen LogP contribution in [0, 0.1) is 0 Å². The molecule has 5 aliphatic rings. The highest BCUT2D eigenvalue weighted by molar-refractivity contribution is 5.91. The number of ether oxygens (including phenoxy) is 4. The van der Waals surface area contributed by atoms with E-state index in [1.165, 1.54) is 0 Å². The Morgan fingerprint density at radius 2 is 1.51 bits per heavy atom. The molecular weight excluding hydrogens is 602 g/mol. The number of hydrogen-bond acceptors (Lipinski definition) is 8. The number of carbonyl (C=O) groups is 3. The SMILES string of the molecule is O=C(OC(Cc1ccc2c(c1)OCCO2)C(=O)N1CCC(N2CCOCC2)CC1)N1CCC(N2CCc3ccccc3NC2=O)CC1. The average Bonchev–Trinajstić information content (AvgIpc) is 3.29. The summed E-state index contributed by atoms with van der Waals surface area (Å²) >= 11 is 0. The number of rotatable bonds is 6. The van der Waals surface area contributed by atoms with Gasteiger partial charge in [0, 0.05) is 70.0 Å². The molecule has 0 aromatic heterocycles. The van der Waals surface area contributed by atoms with Gasteiger partial charge >= 0.3 is 12.1 Å². The Labute approximate surface area is 275 Å². The molecule has 7 rings (SSSR count). The van der Waals surface area contributed by atoms with Gasteiger partial charge < -0.3 is 39.0 Å². The summed E-state index contributed by atoms with van der Waals surface area (Å²) in [5.74, 6) is 1.15. The Kier molecular flexibility index (Phi) is 9.66. The van der Waals surface area contributed by atoms with Crippen molar-refractivity contribution in [2.75, 3.05) is 77.6 Å². The molecule has 0 radical (unpaired) electrons. The zero-order valence-corrected chi connectivity index (χ0v) is 26.9. The van der Waals surface area contributed by atoms with Gasteiger partial charge in [-0.15, -0.1) is 0 Å². The minimum atomic E-state index is -0.961. The Morgan fingerprint density at radius 3 is 2.30 bits per heavy atom. The number of hydrogen-bond donors (Lipinski definition) is 1. The summed E-state index contributed by atoms with van der Waals surface area (Å²) in [4.78, 5) is 48.6. The molecule has 4 amide bonds. The lowest BCUT2D eigenvalue weighted by Crippen LogP contribution is -2.53. The monoisotopic (exact) mass is 647 g/mol. The van der Waals surface area contributed by atoms with E-state index in [0.717, 1.165) is 62.4 Å². The fraction of sp³-hybridized carbons (Fsp3) is 0.571. The third-order valence-corrected chi connectivity index (χ3v) is 10.2. The zero-order valence-electron chi connectivity index (χ0n) is 26.9. The maximum Gasteiger partial charge on any atom is 0.410 e. The van der Waals surface area contributed by atoms with Gasteiger partial charge in [0.25, 0.3) is 5.91 Å². The van der Waals surface area contributed by atoms with E-state index in [4.69, 9.17) is 18.9 Å². The quantitative estimate of drug-likeness (QED) is 0.508. The number of para-hydroxylation sites is 1. The van der Waals surface area contributed by atoms with E-state index >= 15 is 0 Å². The van der Waals surface area contributed by atoms with Crippen LogP contribution in [0.3, 0.4) is 0 Å². The van der Waals surface area contributed by atoms with E-state index in [0.29, 0.717) is 76.3 Å². The molecule has 1 N–H and O–H groups in total. The van der Waals surface area contributed by atoms with Crippen LogP contribution < -0.4 is 14.8 Å². The van der Waals surface area contributed by atoms with Crippen LogP contribution in [0.2, 0.25) is 0 Å². The van der Waals surface area contributed by atoms with E-state index in [1.807, 2.05) is 52.3 Å². The van der Waals surface area contributed by atoms with Crippen molar-refractivity contribution >= 4 is 23.7 Å². The standard InChI is InChI=1S/C35H45N5O7/c41-33(38-12-8-27(9-13-38)37-17-19-44-20-18-37)32(24-25-5-6-30-31(23-25)46-22-21-45-30)47-35(43)39-14-10-28(11-15-39)40-16-7-26-3-1-2-4-29(26)36-34(40)42/h1-6,23,27-28,32H,7-22,24H2,(H,36,42). The molecule has 5 heterocycles. The molecule has 252 valence electrons. The number of anilines is 1. The minimum absolute atomic E-state index is 0.0243. The number of carbonyl (C=O) groups excluding carboxylic acids is 3. The van der Waals surface area contributed by atoms with E-state index in [9.17, 15) is 14.4 Å². The van der Waals surface area contributed by atoms with Crippen molar-refractivity contribution < 1.29 is 33.3 Å². The molecule has 0 bridgehead atoms. The average molecular weight is 648 g/mol. The second-order valence-corrected chi connectivity index (χ2v) is 13.0. The molecule has 12 nitrogen and oxygen atoms in total. The normalized spacial score (nSPS) is 21.8. The summed E-state index contributed by atoms with van der Waals surface area (Å²) in [6, 6.07) is 13.9. The van der Waals surface area contributed by atoms with Crippen LogP contribution >= 0.6 is 0 Å². The van der Waals surface area contributed by atoms with Crippen LogP contribution in [-0.4, -0.2) is 128 Å². The first-order chi connectivity index (χ1) is 23.0. The van der Waals surface area contributed by atoms with Gasteiger partial charge in [0.2, 0.25) is 0 Å². The van der Waals surface area contributed by atoms with E-state index in [2.05, 4.69) is 10.2 Å². The molecule has 1 atom stereocenters. The molecule has 0 saturated carbocycles. The maximum absolute atomic E-state index is 14.0. The van der Waals surface area contributed by atoms with Crippen molar-refractivity contribution in [3.8, 4) is 11.5 Å². The van der Waals surface area contributed by atoms with Crippen LogP contribution in [0.4, 0.5) is 15.3 Å². The molecule has 1 unspecified atom stereocenters. The molecule has 3 fully saturated rings. The highest BCUT2D eigenvalue weighted by atomic mass is 16.6. The smallest absolute Gasteiger partial charge is 0.410 e. The topological polar surface area (TPSA) is 113 Å². The number of fused-ring (bicyclic) bond motifs is 2. The van der Waals surface area contributed by atoms with Crippen molar-refractivity contribution in [3.63, 3.8) is 0 Å². The second kappa shape index (κ2) is 14.4. The molecule has 2 aromatic carbocycles. The molecule has 12 heteroatoms. The number of benzene rings is 2. The summed E-state index contributed by atoms with van der Waals surface area (Å²) in [5, 5.41) is 3.05. The number of morpholine rings is 1. The lowest BCUT2D eigenvalue weighted by molar-refractivity contribution is -0.142. The van der Waals surface area contributed by atoms with Crippen molar-refractivity contribution in [1.82, 2.24) is 19.6 Å². The molecule has 0 spiro atoms. The first-order valence-electron chi connectivity index (χ1n) is 17.1. The van der Waals surface area contributed by atoms with E-state index < -0.39 is 12.2 Å². The van der Waals surface area contributed by atoms with Gasteiger partial charge in [-0.05, 0) is 61.4 Å². The predicted octanol–water partition coefficient (Wildman–Crippen LogP) is 3.38. The third kappa shape index (κ3) is 7.28. The third-order valence-electron chi connectivity index (χ3n) is 10.2. The van der Waals surface area contributed by atoms with Crippen LogP contribution in [0.1, 0.15) is 36.8 Å². The fourth-order valence-electron chi connectivity index (χ4n) is 7.50. The fourth-order valence-corrected chi connectivity index (χ4v) is 7.50. The second-order valence-electron chi connectivity index (χ2n) is 13.0. The van der Waals surface area contributed by atoms with Gasteiger partial charge in [0.1, 0.15) is 13.2 Å². The first kappa shape index (κ1) is 31.6. The molecule has 3 saturated heterocycles. The van der Waals surface area contributed by atoms with Crippen LogP contribution in [0.25, 0.3) is 0 Å². The lowest BCUT2D eigenvalue weighted by Gasteiger charge is -2.41. The molecule has 5 aliphatic heterocycles. The lowest BCUT2D eigenvalue weighted by atomic mass is 10.0. The van der Waals surface area contributed by atoms with Crippen LogP contribution in [0.5, 0.6) is 11.5 Å². The Balaban J connectivity index is 0.987. The maximum atomic E-state index is 14.0. The number of piperidine rings is 2. The molecule has 2 aromatic rings. The molecular formula is C35H45N5O7. The van der Waals surface area contributed by atoms with Gasteiger partial charge in [-0.25, -0.2) is 9.59 Å². The Hall–Kier alpha value is -4.03. The highest BCUT2D eigenvalue weighted by Gasteiger charge is 2.36. The van der Waals surface area contributed by atoms with Gasteiger partial charge in [-0.3, -0.25) is 9.69 Å². The number of amides is 4. The van der Waals surface area contributed by atoms with Crippen LogP contribution in [0.15, 0.2) is 42.5 Å². The highest BCUT2D eigenvalue weighted by Crippen LogP contribution is 2.32. The summed E-state index contributed by atoms with van der Waals surface area (Å²) in [6.07, 6.45) is 2.65. The van der Waals surface area contributed by atoms with Crippen LogP contribution in [-0.2, 0) is 27.1 Å². The molecule has 0 aliphatic carbocycles. The summed E-state index contributed by atoms with van der Waals surface area (Å²) in [7, 11) is 0. The van der Waals surface area contributed by atoms with Crippen molar-refractivity contribution in [1.29, 1.82) is 0 Å². The predicted molar refractivity (Wildman–Crippen MR) is 174 cm³/mol. The Bertz CT molecular complexity index is 1430. The largest absolute Gasteiger partial charge is 0.486 e. The zero-order chi connectivity index (χ0) is 32.2. The van der Waals surface area contributed by atoms with Crippen molar-refractivity contribution in [2.45, 2.75) is 56.7 Å². The number of urea groups is 1. The minimum Gasteiger partial charge on any atom is -0.486 e. The van der Waals surface area contributed by atoms with Gasteiger partial charge in [-0.1, -0.05) is 24.3 Å². The van der Waals surface area contributed by atoms with Gasteiger partial charge in [0.15, 0.2) is 17.6 Å². The summed E-state index contributed by atoms with van der Waals surface area (Å²) in [5.41, 5.74) is 2.83. The van der Waals surface area contributed by atoms with E-state index in [-0.39, 0.29) is 24.4 Å². The molecule has 47 heavy (non-hydrogen) atoms. The van der Waals surface area contributed by atoms with E-state index in [1.54, 1.807) is 4.90 Å². The number of nitrogens with zero attached hydrogens (tertiary/aromatic N) is 4. The van der Waals surface area contributed by atoms with Gasteiger partial charge in [0.05, 0.1) is 13.2 Å². The summed E-state index contributed by atoms with van der Waals surface area (Å²) in [6.45, 7) is 7.12. The van der Waals surface area contributed by atoms with Crippen molar-refractivity contribution in [2.24, 2.45) is 0 Å². The Morgan fingerprint density at radius 1 is 0.809 bits per heavy atom. The summed E-state index contributed by atoms with van der Waals surface area (Å²) < 4.78 is 23.0.